The number of hydrogen-bond acceptors (Lipinski definition) is 4. The lowest BCUT2D eigenvalue weighted by atomic mass is 10.0. The number of anilines is 1. The minimum absolute atomic E-state index is 0.0724. The van der Waals surface area contributed by atoms with Crippen LogP contribution in [0.3, 0.4) is 0 Å². The molecule has 0 radical (unpaired) electrons. The summed E-state index contributed by atoms with van der Waals surface area (Å²) < 4.78 is 4.98. The minimum Gasteiger partial charge on any atom is -0.383 e. The zero-order valence-corrected chi connectivity index (χ0v) is 14.8. The van der Waals surface area contributed by atoms with Crippen LogP contribution in [-0.4, -0.2) is 51.2 Å². The Balaban J connectivity index is 1.57. The van der Waals surface area contributed by atoms with Crippen molar-refractivity contribution in [2.24, 2.45) is 5.92 Å². The summed E-state index contributed by atoms with van der Waals surface area (Å²) in [4.78, 5) is 26.6. The summed E-state index contributed by atoms with van der Waals surface area (Å²) in [5.41, 5.74) is 1.66. The molecule has 136 valence electrons. The van der Waals surface area contributed by atoms with E-state index in [0.29, 0.717) is 18.7 Å². The SMILES string of the molecule is COCCNC(=O)c1ccccc1N1CCC(NC(=O)C2CC2)CC1. The molecular weight excluding hydrogens is 318 g/mol. The number of amides is 2. The first kappa shape index (κ1) is 17.7. The van der Waals surface area contributed by atoms with E-state index in [1.165, 1.54) is 0 Å². The van der Waals surface area contributed by atoms with E-state index >= 15 is 0 Å². The van der Waals surface area contributed by atoms with Crippen LogP contribution in [0.2, 0.25) is 0 Å². The molecule has 2 N–H and O–H groups in total. The number of rotatable bonds is 7. The predicted molar refractivity (Wildman–Crippen MR) is 96.8 cm³/mol. The van der Waals surface area contributed by atoms with Crippen LogP contribution in [0.5, 0.6) is 0 Å². The molecule has 1 heterocycles. The maximum absolute atomic E-state index is 12.4. The van der Waals surface area contributed by atoms with Gasteiger partial charge in [0.25, 0.3) is 5.91 Å². The molecule has 1 aromatic rings. The van der Waals surface area contributed by atoms with E-state index in [0.717, 1.165) is 44.5 Å². The second-order valence-corrected chi connectivity index (χ2v) is 6.81. The van der Waals surface area contributed by atoms with Crippen molar-refractivity contribution in [3.63, 3.8) is 0 Å². The molecule has 25 heavy (non-hydrogen) atoms. The first-order valence-electron chi connectivity index (χ1n) is 9.10. The maximum Gasteiger partial charge on any atom is 0.253 e. The van der Waals surface area contributed by atoms with Crippen LogP contribution < -0.4 is 15.5 Å². The first-order valence-corrected chi connectivity index (χ1v) is 9.10. The van der Waals surface area contributed by atoms with Gasteiger partial charge >= 0.3 is 0 Å². The number of hydrogen-bond donors (Lipinski definition) is 2. The Labute approximate surface area is 148 Å². The number of carbonyl (C=O) groups excluding carboxylic acids is 2. The van der Waals surface area contributed by atoms with Crippen molar-refractivity contribution in [1.82, 2.24) is 10.6 Å². The molecule has 1 saturated carbocycles. The normalized spacial score (nSPS) is 18.0. The zero-order valence-electron chi connectivity index (χ0n) is 14.8. The van der Waals surface area contributed by atoms with Crippen LogP contribution >= 0.6 is 0 Å². The minimum atomic E-state index is -0.0724. The summed E-state index contributed by atoms with van der Waals surface area (Å²) in [5.74, 6) is 0.405. The number of carbonyl (C=O) groups is 2. The van der Waals surface area contributed by atoms with Crippen LogP contribution in [0.15, 0.2) is 24.3 Å². The van der Waals surface area contributed by atoms with Crippen LogP contribution in [0.25, 0.3) is 0 Å². The summed E-state index contributed by atoms with van der Waals surface area (Å²) in [6, 6.07) is 7.96. The number of para-hydroxylation sites is 1. The molecule has 6 heteroatoms. The summed E-state index contributed by atoms with van der Waals surface area (Å²) in [6.07, 6.45) is 3.91. The van der Waals surface area contributed by atoms with Crippen molar-refractivity contribution in [2.75, 3.05) is 38.3 Å². The molecule has 2 amide bonds. The Morgan fingerprint density at radius 3 is 2.56 bits per heavy atom. The van der Waals surface area contributed by atoms with E-state index in [1.54, 1.807) is 7.11 Å². The molecule has 2 fully saturated rings. The third-order valence-electron chi connectivity index (χ3n) is 4.87. The number of nitrogens with one attached hydrogen (secondary N) is 2. The molecule has 0 bridgehead atoms. The van der Waals surface area contributed by atoms with Gasteiger partial charge in [0.1, 0.15) is 0 Å². The first-order chi connectivity index (χ1) is 12.2. The summed E-state index contributed by atoms with van der Waals surface area (Å²) in [5, 5.41) is 6.05. The van der Waals surface area contributed by atoms with E-state index in [2.05, 4.69) is 15.5 Å². The smallest absolute Gasteiger partial charge is 0.253 e. The molecule has 2 aliphatic rings. The third kappa shape index (κ3) is 4.72. The topological polar surface area (TPSA) is 70.7 Å². The quantitative estimate of drug-likeness (QED) is 0.736. The van der Waals surface area contributed by atoms with Crippen LogP contribution in [0.4, 0.5) is 5.69 Å². The van der Waals surface area contributed by atoms with Gasteiger partial charge in [0.05, 0.1) is 12.2 Å². The van der Waals surface area contributed by atoms with Gasteiger partial charge in [0.2, 0.25) is 5.91 Å². The summed E-state index contributed by atoms with van der Waals surface area (Å²) in [6.45, 7) is 2.69. The van der Waals surface area contributed by atoms with E-state index in [4.69, 9.17) is 4.74 Å². The van der Waals surface area contributed by atoms with Gasteiger partial charge in [-0.05, 0) is 37.8 Å². The van der Waals surface area contributed by atoms with Crippen molar-refractivity contribution in [3.8, 4) is 0 Å². The third-order valence-corrected chi connectivity index (χ3v) is 4.87. The molecule has 1 saturated heterocycles. The van der Waals surface area contributed by atoms with Crippen molar-refractivity contribution in [1.29, 1.82) is 0 Å². The van der Waals surface area contributed by atoms with Gasteiger partial charge in [-0.1, -0.05) is 12.1 Å². The second-order valence-electron chi connectivity index (χ2n) is 6.81. The lowest BCUT2D eigenvalue weighted by Crippen LogP contribution is -2.45. The molecular formula is C19H27N3O3. The number of piperidine rings is 1. The maximum atomic E-state index is 12.4. The van der Waals surface area contributed by atoms with Gasteiger partial charge < -0.3 is 20.3 Å². The van der Waals surface area contributed by atoms with Gasteiger partial charge in [-0.15, -0.1) is 0 Å². The van der Waals surface area contributed by atoms with Crippen LogP contribution in [0, 0.1) is 5.92 Å². The second kappa shape index (κ2) is 8.34. The molecule has 0 unspecified atom stereocenters. The molecule has 0 atom stereocenters. The highest BCUT2D eigenvalue weighted by molar-refractivity contribution is 5.99. The van der Waals surface area contributed by atoms with Crippen molar-refractivity contribution in [2.45, 2.75) is 31.7 Å². The van der Waals surface area contributed by atoms with Crippen LogP contribution in [-0.2, 0) is 9.53 Å². The number of benzene rings is 1. The van der Waals surface area contributed by atoms with E-state index in [1.807, 2.05) is 24.3 Å². The van der Waals surface area contributed by atoms with E-state index in [9.17, 15) is 9.59 Å². The average molecular weight is 345 g/mol. The molecule has 3 rings (SSSR count). The highest BCUT2D eigenvalue weighted by atomic mass is 16.5. The lowest BCUT2D eigenvalue weighted by Gasteiger charge is -2.35. The molecule has 1 aromatic carbocycles. The Morgan fingerprint density at radius 2 is 1.88 bits per heavy atom. The molecule has 0 spiro atoms. The van der Waals surface area contributed by atoms with Gasteiger partial charge in [0.15, 0.2) is 0 Å². The monoisotopic (exact) mass is 345 g/mol. The summed E-state index contributed by atoms with van der Waals surface area (Å²) >= 11 is 0. The average Bonchev–Trinajstić information content (AvgIpc) is 3.48. The fourth-order valence-corrected chi connectivity index (χ4v) is 3.23. The van der Waals surface area contributed by atoms with Gasteiger partial charge in [-0.3, -0.25) is 9.59 Å². The largest absolute Gasteiger partial charge is 0.383 e. The van der Waals surface area contributed by atoms with Crippen LogP contribution in [0.1, 0.15) is 36.0 Å². The zero-order chi connectivity index (χ0) is 17.6. The summed E-state index contributed by atoms with van der Waals surface area (Å²) in [7, 11) is 1.62. The van der Waals surface area contributed by atoms with Crippen molar-refractivity contribution < 1.29 is 14.3 Å². The van der Waals surface area contributed by atoms with Gasteiger partial charge in [-0.25, -0.2) is 0 Å². The van der Waals surface area contributed by atoms with Gasteiger partial charge in [0, 0.05) is 44.4 Å². The fourth-order valence-electron chi connectivity index (χ4n) is 3.23. The molecule has 6 nitrogen and oxygen atoms in total. The molecule has 1 aliphatic heterocycles. The Morgan fingerprint density at radius 1 is 1.16 bits per heavy atom. The number of nitrogens with zero attached hydrogens (tertiary/aromatic N) is 1. The molecule has 0 aromatic heterocycles. The highest BCUT2D eigenvalue weighted by Gasteiger charge is 2.32. The fraction of sp³-hybridized carbons (Fsp3) is 0.579. The highest BCUT2D eigenvalue weighted by Crippen LogP contribution is 2.30. The lowest BCUT2D eigenvalue weighted by molar-refractivity contribution is -0.123. The Bertz CT molecular complexity index is 608. The number of ether oxygens (including phenoxy) is 1. The predicted octanol–water partition coefficient (Wildman–Crippen LogP) is 1.56. The molecule has 1 aliphatic carbocycles. The van der Waals surface area contributed by atoms with E-state index < -0.39 is 0 Å². The van der Waals surface area contributed by atoms with Gasteiger partial charge in [-0.2, -0.15) is 0 Å². The van der Waals surface area contributed by atoms with Crippen molar-refractivity contribution >= 4 is 17.5 Å². The van der Waals surface area contributed by atoms with E-state index in [-0.39, 0.29) is 23.8 Å². The Kier molecular flexibility index (Phi) is 5.91. The van der Waals surface area contributed by atoms with Crippen molar-refractivity contribution in [3.05, 3.63) is 29.8 Å². The standard InChI is InChI=1S/C19H27N3O3/c1-25-13-10-20-19(24)16-4-2-3-5-17(16)22-11-8-15(9-12-22)21-18(23)14-6-7-14/h2-5,14-15H,6-13H2,1H3,(H,20,24)(H,21,23). The number of methoxy groups -OCH3 is 1. The Hall–Kier alpha value is -2.08.